The van der Waals surface area contributed by atoms with E-state index >= 15 is 0 Å². The fraction of sp³-hybridized carbons (Fsp3) is 0.700. The van der Waals surface area contributed by atoms with E-state index in [0.717, 1.165) is 0 Å². The molecular weight excluding hydrogens is 198 g/mol. The Kier molecular flexibility index (Phi) is 6.33. The van der Waals surface area contributed by atoms with Gasteiger partial charge in [-0.25, -0.2) is 0 Å². The molecule has 0 unspecified atom stereocenters. The molecule has 0 atom stereocenters. The standard InChI is InChI=1S/C10H17NO4/c1-7(2)10(15)11-6-8(12)4-3-5-9(13)14/h7H,3-6H2,1-2H3,(H,11,15)(H,13,14). The molecule has 0 saturated carbocycles. The average Bonchev–Trinajstić information content (AvgIpc) is 2.13. The largest absolute Gasteiger partial charge is 0.481 e. The summed E-state index contributed by atoms with van der Waals surface area (Å²) < 4.78 is 0. The van der Waals surface area contributed by atoms with Crippen LogP contribution in [0.2, 0.25) is 0 Å². The molecule has 0 aliphatic heterocycles. The van der Waals surface area contributed by atoms with Crippen molar-refractivity contribution < 1.29 is 19.5 Å². The highest BCUT2D eigenvalue weighted by molar-refractivity contribution is 5.86. The molecule has 1 amide bonds. The van der Waals surface area contributed by atoms with Crippen molar-refractivity contribution >= 4 is 17.7 Å². The van der Waals surface area contributed by atoms with Gasteiger partial charge in [-0.1, -0.05) is 13.8 Å². The lowest BCUT2D eigenvalue weighted by Crippen LogP contribution is -2.32. The van der Waals surface area contributed by atoms with Gasteiger partial charge in [-0.2, -0.15) is 0 Å². The van der Waals surface area contributed by atoms with E-state index in [4.69, 9.17) is 5.11 Å². The fourth-order valence-corrected chi connectivity index (χ4v) is 0.915. The molecule has 0 bridgehead atoms. The van der Waals surface area contributed by atoms with Gasteiger partial charge in [-0.3, -0.25) is 14.4 Å². The number of carbonyl (C=O) groups is 3. The Morgan fingerprint density at radius 2 is 1.80 bits per heavy atom. The second-order valence-electron chi connectivity index (χ2n) is 3.66. The van der Waals surface area contributed by atoms with Gasteiger partial charge in [0.05, 0.1) is 6.54 Å². The topological polar surface area (TPSA) is 83.5 Å². The van der Waals surface area contributed by atoms with Gasteiger partial charge >= 0.3 is 5.97 Å². The predicted octanol–water partition coefficient (Wildman–Crippen LogP) is 0.583. The normalized spacial score (nSPS) is 10.1. The van der Waals surface area contributed by atoms with E-state index in [1.165, 1.54) is 0 Å². The van der Waals surface area contributed by atoms with Gasteiger partial charge in [0.25, 0.3) is 0 Å². The Hall–Kier alpha value is -1.39. The Bertz CT molecular complexity index is 248. The summed E-state index contributed by atoms with van der Waals surface area (Å²) in [7, 11) is 0. The number of rotatable bonds is 7. The number of carboxylic acid groups (broad SMARTS) is 1. The van der Waals surface area contributed by atoms with E-state index in [-0.39, 0.29) is 37.0 Å². The summed E-state index contributed by atoms with van der Waals surface area (Å²) in [5, 5.41) is 10.8. The third kappa shape index (κ3) is 7.66. The maximum absolute atomic E-state index is 11.1. The molecule has 0 fully saturated rings. The first kappa shape index (κ1) is 13.6. The number of carbonyl (C=O) groups excluding carboxylic acids is 2. The minimum Gasteiger partial charge on any atom is -0.481 e. The van der Waals surface area contributed by atoms with Crippen LogP contribution in [0.25, 0.3) is 0 Å². The SMILES string of the molecule is CC(C)C(=O)NCC(=O)CCCC(=O)O. The first-order valence-corrected chi connectivity index (χ1v) is 4.94. The monoisotopic (exact) mass is 215 g/mol. The first-order chi connectivity index (χ1) is 6.93. The molecule has 15 heavy (non-hydrogen) atoms. The third-order valence-electron chi connectivity index (χ3n) is 1.83. The lowest BCUT2D eigenvalue weighted by molar-refractivity contribution is -0.137. The summed E-state index contributed by atoms with van der Waals surface area (Å²) in [6.07, 6.45) is 0.514. The van der Waals surface area contributed by atoms with Gasteiger partial charge in [-0.15, -0.1) is 0 Å². The number of aliphatic carboxylic acids is 1. The summed E-state index contributed by atoms with van der Waals surface area (Å²) in [5.41, 5.74) is 0. The number of hydrogen-bond donors (Lipinski definition) is 2. The number of carboxylic acids is 1. The Morgan fingerprint density at radius 3 is 2.27 bits per heavy atom. The molecule has 0 rings (SSSR count). The molecule has 0 heterocycles. The van der Waals surface area contributed by atoms with Crippen molar-refractivity contribution in [1.82, 2.24) is 5.32 Å². The summed E-state index contributed by atoms with van der Waals surface area (Å²) in [5.74, 6) is -1.35. The van der Waals surface area contributed by atoms with Crippen molar-refractivity contribution in [3.8, 4) is 0 Å². The van der Waals surface area contributed by atoms with Crippen LogP contribution in [0.4, 0.5) is 0 Å². The maximum atomic E-state index is 11.1. The molecule has 0 aromatic rings. The highest BCUT2D eigenvalue weighted by Crippen LogP contribution is 1.96. The summed E-state index contributed by atoms with van der Waals surface area (Å²) in [6, 6.07) is 0. The van der Waals surface area contributed by atoms with Crippen LogP contribution in [0, 0.1) is 5.92 Å². The van der Waals surface area contributed by atoms with E-state index < -0.39 is 5.97 Å². The van der Waals surface area contributed by atoms with Gasteiger partial charge in [-0.05, 0) is 6.42 Å². The molecule has 0 spiro atoms. The van der Waals surface area contributed by atoms with Gasteiger partial charge in [0.1, 0.15) is 0 Å². The first-order valence-electron chi connectivity index (χ1n) is 4.94. The zero-order valence-corrected chi connectivity index (χ0v) is 9.08. The molecule has 5 heteroatoms. The highest BCUT2D eigenvalue weighted by Gasteiger charge is 2.09. The number of amides is 1. The predicted molar refractivity (Wildman–Crippen MR) is 54.3 cm³/mol. The number of nitrogens with one attached hydrogen (secondary N) is 1. The summed E-state index contributed by atoms with van der Waals surface area (Å²) in [4.78, 5) is 32.4. The van der Waals surface area contributed by atoms with Crippen LogP contribution in [0.5, 0.6) is 0 Å². The molecule has 5 nitrogen and oxygen atoms in total. The minimum absolute atomic E-state index is 0.00334. The highest BCUT2D eigenvalue weighted by atomic mass is 16.4. The van der Waals surface area contributed by atoms with Crippen molar-refractivity contribution in [2.75, 3.05) is 6.54 Å². The van der Waals surface area contributed by atoms with Crippen LogP contribution in [0.15, 0.2) is 0 Å². The van der Waals surface area contributed by atoms with E-state index in [0.29, 0.717) is 6.42 Å². The lowest BCUT2D eigenvalue weighted by atomic mass is 10.1. The molecule has 0 saturated heterocycles. The fourth-order valence-electron chi connectivity index (χ4n) is 0.915. The molecule has 0 radical (unpaired) electrons. The Labute approximate surface area is 88.9 Å². The molecular formula is C10H17NO4. The van der Waals surface area contributed by atoms with Gasteiger partial charge in [0, 0.05) is 18.8 Å². The summed E-state index contributed by atoms with van der Waals surface area (Å²) in [6.45, 7) is 3.48. The van der Waals surface area contributed by atoms with Crippen LogP contribution >= 0.6 is 0 Å². The van der Waals surface area contributed by atoms with Gasteiger partial charge in [0.2, 0.25) is 5.91 Å². The van der Waals surface area contributed by atoms with Crippen LogP contribution in [-0.2, 0) is 14.4 Å². The quantitative estimate of drug-likeness (QED) is 0.650. The molecule has 2 N–H and O–H groups in total. The Balaban J connectivity index is 3.58. The molecule has 0 aliphatic rings. The lowest BCUT2D eigenvalue weighted by Gasteiger charge is -2.06. The van der Waals surface area contributed by atoms with E-state index in [9.17, 15) is 14.4 Å². The number of hydrogen-bond acceptors (Lipinski definition) is 3. The van der Waals surface area contributed by atoms with E-state index in [2.05, 4.69) is 5.32 Å². The van der Waals surface area contributed by atoms with Crippen molar-refractivity contribution in [2.45, 2.75) is 33.1 Å². The number of ketones is 1. The van der Waals surface area contributed by atoms with Gasteiger partial charge in [0.15, 0.2) is 5.78 Å². The van der Waals surface area contributed by atoms with Crippen LogP contribution in [0.1, 0.15) is 33.1 Å². The van der Waals surface area contributed by atoms with Crippen molar-refractivity contribution in [3.63, 3.8) is 0 Å². The minimum atomic E-state index is -0.908. The average molecular weight is 215 g/mol. The van der Waals surface area contributed by atoms with Crippen molar-refractivity contribution in [2.24, 2.45) is 5.92 Å². The second kappa shape index (κ2) is 6.98. The molecule has 86 valence electrons. The zero-order valence-electron chi connectivity index (χ0n) is 9.08. The Morgan fingerprint density at radius 1 is 1.20 bits per heavy atom. The summed E-state index contributed by atoms with van der Waals surface area (Å²) >= 11 is 0. The van der Waals surface area contributed by atoms with Crippen LogP contribution in [-0.4, -0.2) is 29.3 Å². The van der Waals surface area contributed by atoms with Gasteiger partial charge < -0.3 is 10.4 Å². The molecule has 0 aromatic heterocycles. The number of Topliss-reactive ketones (excluding diaryl/α,β-unsaturated/α-hetero) is 1. The van der Waals surface area contributed by atoms with E-state index in [1.807, 2.05) is 0 Å². The zero-order chi connectivity index (χ0) is 11.8. The van der Waals surface area contributed by atoms with Crippen LogP contribution in [0.3, 0.4) is 0 Å². The van der Waals surface area contributed by atoms with Crippen molar-refractivity contribution in [3.05, 3.63) is 0 Å². The van der Waals surface area contributed by atoms with Crippen LogP contribution < -0.4 is 5.32 Å². The third-order valence-corrected chi connectivity index (χ3v) is 1.83. The van der Waals surface area contributed by atoms with E-state index in [1.54, 1.807) is 13.8 Å². The molecule has 0 aliphatic carbocycles. The maximum Gasteiger partial charge on any atom is 0.303 e. The molecule has 0 aromatic carbocycles. The van der Waals surface area contributed by atoms with Crippen molar-refractivity contribution in [1.29, 1.82) is 0 Å². The second-order valence-corrected chi connectivity index (χ2v) is 3.66. The smallest absolute Gasteiger partial charge is 0.303 e.